The minimum Gasteiger partial charge on any atom is -0.340 e. The van der Waals surface area contributed by atoms with Crippen LogP contribution >= 0.6 is 16.1 Å². The Kier molecular flexibility index (Phi) is 9.34. The van der Waals surface area contributed by atoms with Gasteiger partial charge in [0.15, 0.2) is 0 Å². The van der Waals surface area contributed by atoms with Crippen LogP contribution in [0.5, 0.6) is 0 Å². The summed E-state index contributed by atoms with van der Waals surface area (Å²) in [6.07, 6.45) is 7.54. The molecule has 190 valence electrons. The molecule has 2 aromatic rings. The molecule has 0 saturated heterocycles. The van der Waals surface area contributed by atoms with Crippen molar-refractivity contribution in [3.63, 3.8) is 0 Å². The first-order valence-electron chi connectivity index (χ1n) is 12.4. The highest BCUT2D eigenvalue weighted by atomic mass is 31.2. The highest BCUT2D eigenvalue weighted by molar-refractivity contribution is 7.73. The van der Waals surface area contributed by atoms with Crippen molar-refractivity contribution in [3.05, 3.63) is 49.1 Å². The maximum Gasteiger partial charge on any atom is 0.0442 e. The Morgan fingerprint density at radius 3 is 1.09 bits per heavy atom. The molecule has 2 aromatic heterocycles. The van der Waals surface area contributed by atoms with E-state index in [9.17, 15) is 0 Å². The van der Waals surface area contributed by atoms with Gasteiger partial charge in [-0.05, 0) is 61.0 Å². The first-order chi connectivity index (χ1) is 15.4. The number of rotatable bonds is 7. The van der Waals surface area contributed by atoms with Gasteiger partial charge in [-0.2, -0.15) is 0 Å². The van der Waals surface area contributed by atoms with Gasteiger partial charge in [0.2, 0.25) is 0 Å². The molecule has 0 fully saturated rings. The van der Waals surface area contributed by atoms with Crippen molar-refractivity contribution < 1.29 is 0 Å². The summed E-state index contributed by atoms with van der Waals surface area (Å²) in [4.78, 5) is 10.9. The summed E-state index contributed by atoms with van der Waals surface area (Å²) in [5.74, 6) is 0. The monoisotopic (exact) mass is 502 g/mol. The third-order valence-corrected chi connectivity index (χ3v) is 13.0. The third kappa shape index (κ3) is 7.71. The summed E-state index contributed by atoms with van der Waals surface area (Å²) in [5.41, 5.74) is 2.35. The van der Waals surface area contributed by atoms with Gasteiger partial charge in [0.05, 0.1) is 0 Å². The van der Waals surface area contributed by atoms with E-state index < -0.39 is 16.1 Å². The van der Waals surface area contributed by atoms with Gasteiger partial charge >= 0.3 is 0 Å². The van der Waals surface area contributed by atoms with E-state index in [0.29, 0.717) is 0 Å². The zero-order valence-electron chi connectivity index (χ0n) is 23.7. The lowest BCUT2D eigenvalue weighted by molar-refractivity contribution is 0.563. The second-order valence-corrected chi connectivity index (χ2v) is 20.9. The second-order valence-electron chi connectivity index (χ2n) is 13.0. The van der Waals surface area contributed by atoms with E-state index in [1.54, 1.807) is 0 Å². The highest BCUT2D eigenvalue weighted by Gasteiger charge is 2.48. The van der Waals surface area contributed by atoms with E-state index in [1.165, 1.54) is 11.4 Å². The van der Waals surface area contributed by atoms with Crippen molar-refractivity contribution in [2.75, 3.05) is 18.0 Å². The Hall–Kier alpha value is -1.08. The van der Waals surface area contributed by atoms with Gasteiger partial charge in [-0.25, -0.2) is 0 Å². The van der Waals surface area contributed by atoms with E-state index in [4.69, 9.17) is 0 Å². The van der Waals surface area contributed by atoms with Gasteiger partial charge in [-0.15, -0.1) is 0 Å². The lowest BCUT2D eigenvalue weighted by atomic mass is 10.2. The number of nitrogens with zero attached hydrogens (tertiary/aromatic N) is 4. The molecule has 2 heterocycles. The van der Waals surface area contributed by atoms with Crippen LogP contribution in [0.1, 0.15) is 83.1 Å². The topological polar surface area (TPSA) is 32.3 Å². The van der Waals surface area contributed by atoms with Crippen molar-refractivity contribution in [2.24, 2.45) is 0 Å². The molecule has 0 aliphatic heterocycles. The highest BCUT2D eigenvalue weighted by Crippen LogP contribution is 2.75. The van der Waals surface area contributed by atoms with Crippen LogP contribution in [-0.4, -0.2) is 48.1 Å². The molecule has 0 spiro atoms. The average molecular weight is 503 g/mol. The van der Waals surface area contributed by atoms with Crippen LogP contribution in [0.25, 0.3) is 0 Å². The molecule has 0 aliphatic carbocycles. The fourth-order valence-electron chi connectivity index (χ4n) is 5.33. The number of anilines is 2. The minimum absolute atomic E-state index is 0.211. The van der Waals surface area contributed by atoms with Crippen LogP contribution in [0, 0.1) is 0 Å². The zero-order valence-corrected chi connectivity index (χ0v) is 25.5. The lowest BCUT2D eigenvalue weighted by Crippen LogP contribution is -2.43. The van der Waals surface area contributed by atoms with Crippen molar-refractivity contribution in [3.8, 4) is 0 Å². The summed E-state index contributed by atoms with van der Waals surface area (Å²) in [5, 5.41) is 0.845. The fourth-order valence-corrected chi connectivity index (χ4v) is 16.6. The van der Waals surface area contributed by atoms with Crippen LogP contribution in [-0.2, 0) is 0 Å². The number of hydrogen-bond acceptors (Lipinski definition) is 4. The maximum atomic E-state index is 4.26. The molecule has 0 radical (unpaired) electrons. The first kappa shape index (κ1) is 29.2. The maximum absolute atomic E-state index is 4.26. The van der Waals surface area contributed by atoms with Gasteiger partial charge in [-0.1, -0.05) is 83.1 Å². The Morgan fingerprint density at radius 1 is 0.529 bits per heavy atom. The molecule has 0 aliphatic rings. The molecule has 0 saturated carbocycles. The molecule has 0 unspecified atom stereocenters. The molecule has 4 nitrogen and oxygen atoms in total. The van der Waals surface area contributed by atoms with E-state index in [0.717, 1.165) is 13.1 Å². The molecule has 0 N–H and O–H groups in total. The SMILES string of the molecule is CC(C)(C)P(N(CCN(c1ccncc1)c1ccncc1)P(C(C)(C)C)C(C)(C)C)C(C)(C)C. The molecule has 0 bridgehead atoms. The van der Waals surface area contributed by atoms with Crippen molar-refractivity contribution >= 4 is 27.5 Å². The third-order valence-electron chi connectivity index (χ3n) is 5.48. The first-order valence-corrected chi connectivity index (χ1v) is 15.0. The quantitative estimate of drug-likeness (QED) is 0.354. The van der Waals surface area contributed by atoms with E-state index in [1.807, 2.05) is 24.8 Å². The predicted molar refractivity (Wildman–Crippen MR) is 155 cm³/mol. The van der Waals surface area contributed by atoms with Crippen molar-refractivity contribution in [1.29, 1.82) is 0 Å². The Bertz CT molecular complexity index is 776. The molecule has 0 amide bonds. The lowest BCUT2D eigenvalue weighted by Gasteiger charge is -2.57. The summed E-state index contributed by atoms with van der Waals surface area (Å²) in [7, 11) is -0.864. The summed E-state index contributed by atoms with van der Waals surface area (Å²) < 4.78 is 2.97. The minimum atomic E-state index is -0.432. The van der Waals surface area contributed by atoms with Gasteiger partial charge < -0.3 is 4.90 Å². The smallest absolute Gasteiger partial charge is 0.0442 e. The van der Waals surface area contributed by atoms with Crippen LogP contribution in [0.15, 0.2) is 49.1 Å². The standard InChI is InChI=1S/C28H48N4P2/c1-25(2,3)33(26(4,5)6)32(34(27(7,8)9)28(10,11)12)22-21-31(23-13-17-29-18-14-23)24-15-19-30-20-16-24/h13-20H,21-22H2,1-12H3. The molecule has 6 heteroatoms. The van der Waals surface area contributed by atoms with Gasteiger partial charge in [0, 0.05) is 49.3 Å². The molecule has 0 aromatic carbocycles. The van der Waals surface area contributed by atoms with Crippen LogP contribution in [0.3, 0.4) is 0 Å². The fraction of sp³-hybridized carbons (Fsp3) is 0.643. The van der Waals surface area contributed by atoms with E-state index in [2.05, 4.69) is 127 Å². The normalized spacial score (nSPS) is 13.7. The van der Waals surface area contributed by atoms with Crippen LogP contribution in [0.4, 0.5) is 11.4 Å². The van der Waals surface area contributed by atoms with Gasteiger partial charge in [0.25, 0.3) is 0 Å². The number of aromatic nitrogens is 2. The van der Waals surface area contributed by atoms with Crippen molar-refractivity contribution in [1.82, 2.24) is 14.4 Å². The molecule has 2 rings (SSSR count). The van der Waals surface area contributed by atoms with Crippen LogP contribution < -0.4 is 4.90 Å². The second kappa shape index (κ2) is 10.9. The van der Waals surface area contributed by atoms with Gasteiger partial charge in [-0.3, -0.25) is 14.4 Å². The molecular formula is C28H48N4P2. The Morgan fingerprint density at radius 2 is 0.824 bits per heavy atom. The Balaban J connectivity index is 2.60. The van der Waals surface area contributed by atoms with Gasteiger partial charge in [0.1, 0.15) is 0 Å². The number of pyridine rings is 2. The predicted octanol–water partition coefficient (Wildman–Crippen LogP) is 8.90. The summed E-state index contributed by atoms with van der Waals surface area (Å²) >= 11 is 0. The largest absolute Gasteiger partial charge is 0.340 e. The van der Waals surface area contributed by atoms with E-state index in [-0.39, 0.29) is 20.6 Å². The summed E-state index contributed by atoms with van der Waals surface area (Å²) in [6.45, 7) is 31.3. The van der Waals surface area contributed by atoms with Crippen molar-refractivity contribution in [2.45, 2.75) is 104 Å². The Labute approximate surface area is 212 Å². The molecular weight excluding hydrogens is 454 g/mol. The average Bonchev–Trinajstić information content (AvgIpc) is 2.65. The van der Waals surface area contributed by atoms with E-state index >= 15 is 0 Å². The molecule has 0 atom stereocenters. The molecule has 34 heavy (non-hydrogen) atoms. The van der Waals surface area contributed by atoms with Crippen LogP contribution in [0.2, 0.25) is 0 Å². The summed E-state index contributed by atoms with van der Waals surface area (Å²) in [6, 6.07) is 8.43. The number of hydrogen-bond donors (Lipinski definition) is 0. The zero-order chi connectivity index (χ0) is 25.9.